The Bertz CT molecular complexity index is 1450. The number of hydrogen-bond donors (Lipinski definition) is 2. The van der Waals surface area contributed by atoms with Crippen LogP contribution in [-0.4, -0.2) is 57.7 Å². The number of piperazine rings is 1. The first kappa shape index (κ1) is 24.3. The number of aromatic nitrogens is 3. The number of anilines is 1. The van der Waals surface area contributed by atoms with Crippen molar-refractivity contribution in [3.63, 3.8) is 0 Å². The summed E-state index contributed by atoms with van der Waals surface area (Å²) < 4.78 is 6.04. The van der Waals surface area contributed by atoms with Gasteiger partial charge in [-0.3, -0.25) is 9.59 Å². The molecule has 188 valence electrons. The zero-order chi connectivity index (χ0) is 25.8. The topological polar surface area (TPSA) is 127 Å². The maximum Gasteiger partial charge on any atom is 0.257 e. The van der Waals surface area contributed by atoms with Crippen LogP contribution in [0.1, 0.15) is 33.7 Å². The Hall–Kier alpha value is -4.37. The van der Waals surface area contributed by atoms with Gasteiger partial charge in [-0.1, -0.05) is 0 Å². The number of aryl methyl sites for hydroxylation is 2. The highest BCUT2D eigenvalue weighted by molar-refractivity contribution is 5.94. The zero-order valence-electron chi connectivity index (χ0n) is 20.6. The van der Waals surface area contributed by atoms with Crippen LogP contribution in [0.5, 0.6) is 0 Å². The number of hydrogen-bond acceptors (Lipinski definition) is 8. The van der Waals surface area contributed by atoms with Crippen LogP contribution in [0.2, 0.25) is 0 Å². The van der Waals surface area contributed by atoms with Gasteiger partial charge in [0.2, 0.25) is 0 Å². The molecule has 0 spiro atoms. The van der Waals surface area contributed by atoms with Gasteiger partial charge in [0.05, 0.1) is 5.56 Å². The van der Waals surface area contributed by atoms with E-state index in [2.05, 4.69) is 20.3 Å². The lowest BCUT2D eigenvalue weighted by molar-refractivity contribution is -0.114. The van der Waals surface area contributed by atoms with Crippen LogP contribution in [0.4, 0.5) is 5.82 Å². The molecular formula is C28H28N6O3. The standard InChI is InChI=1S/C28H28N6O3/c1-18-12-21(27-32-16-22(17-33-27)28(36)34-10-8-30-9-11-34)13-20-14-24(37-26(18)20)6-5-23(35)4-2-19-3-7-25(29)31-15-19/h2-4,7,12-17,30H,5-6,8-11H2,1H3,(H2,29,31)/b4-2+. The molecule has 0 aliphatic carbocycles. The molecule has 0 bridgehead atoms. The second-order valence-corrected chi connectivity index (χ2v) is 9.08. The first-order chi connectivity index (χ1) is 18.0. The number of pyridine rings is 1. The highest BCUT2D eigenvalue weighted by Gasteiger charge is 2.19. The Labute approximate surface area is 214 Å². The summed E-state index contributed by atoms with van der Waals surface area (Å²) in [5, 5.41) is 4.16. The normalized spacial score (nSPS) is 13.9. The number of amides is 1. The van der Waals surface area contributed by atoms with Crippen molar-refractivity contribution in [2.75, 3.05) is 31.9 Å². The molecule has 1 aromatic carbocycles. The van der Waals surface area contributed by atoms with Crippen molar-refractivity contribution in [3.8, 4) is 11.4 Å². The smallest absolute Gasteiger partial charge is 0.257 e. The fourth-order valence-electron chi connectivity index (χ4n) is 4.31. The van der Waals surface area contributed by atoms with Crippen molar-refractivity contribution in [1.29, 1.82) is 0 Å². The van der Waals surface area contributed by atoms with Crippen LogP contribution < -0.4 is 11.1 Å². The summed E-state index contributed by atoms with van der Waals surface area (Å²) in [6.45, 7) is 4.92. The van der Waals surface area contributed by atoms with E-state index in [1.54, 1.807) is 36.8 Å². The highest BCUT2D eigenvalue weighted by atomic mass is 16.3. The van der Waals surface area contributed by atoms with E-state index < -0.39 is 0 Å². The number of nitrogens with one attached hydrogen (secondary N) is 1. The molecule has 0 radical (unpaired) electrons. The molecule has 0 unspecified atom stereocenters. The molecule has 9 nitrogen and oxygen atoms in total. The van der Waals surface area contributed by atoms with Crippen molar-refractivity contribution in [2.45, 2.75) is 19.8 Å². The molecule has 0 saturated carbocycles. The fraction of sp³-hybridized carbons (Fsp3) is 0.250. The van der Waals surface area contributed by atoms with Crippen molar-refractivity contribution >= 4 is 34.6 Å². The van der Waals surface area contributed by atoms with Crippen LogP contribution in [0.3, 0.4) is 0 Å². The summed E-state index contributed by atoms with van der Waals surface area (Å²) in [7, 11) is 0. The molecule has 3 N–H and O–H groups in total. The van der Waals surface area contributed by atoms with Gasteiger partial charge in [-0.15, -0.1) is 0 Å². The predicted octanol–water partition coefficient (Wildman–Crippen LogP) is 3.44. The first-order valence-electron chi connectivity index (χ1n) is 12.2. The minimum Gasteiger partial charge on any atom is -0.461 e. The van der Waals surface area contributed by atoms with Crippen LogP contribution in [0.25, 0.3) is 28.4 Å². The number of nitrogens with zero attached hydrogens (tertiary/aromatic N) is 4. The monoisotopic (exact) mass is 496 g/mol. The van der Waals surface area contributed by atoms with E-state index in [-0.39, 0.29) is 11.7 Å². The lowest BCUT2D eigenvalue weighted by Crippen LogP contribution is -2.46. The molecule has 5 rings (SSSR count). The third kappa shape index (κ3) is 5.73. The summed E-state index contributed by atoms with van der Waals surface area (Å²) in [5.41, 5.74) is 9.46. The van der Waals surface area contributed by atoms with Crippen LogP contribution >= 0.6 is 0 Å². The van der Waals surface area contributed by atoms with E-state index in [0.29, 0.717) is 43.1 Å². The number of nitrogens with two attached hydrogens (primary N) is 1. The number of nitrogen functional groups attached to an aromatic ring is 1. The van der Waals surface area contributed by atoms with E-state index in [1.807, 2.05) is 36.1 Å². The molecule has 9 heteroatoms. The fourth-order valence-corrected chi connectivity index (χ4v) is 4.31. The van der Waals surface area contributed by atoms with Crippen molar-refractivity contribution in [3.05, 3.63) is 77.4 Å². The molecule has 1 fully saturated rings. The maximum atomic E-state index is 12.7. The summed E-state index contributed by atoms with van der Waals surface area (Å²) in [4.78, 5) is 39.8. The SMILES string of the molecule is Cc1cc(-c2ncc(C(=O)N3CCNCC3)cn2)cc2cc(CCC(=O)/C=C/c3ccc(N)nc3)oc12. The second-order valence-electron chi connectivity index (χ2n) is 9.08. The number of carbonyl (C=O) groups excluding carboxylic acids is 2. The minimum atomic E-state index is -0.0475. The molecule has 1 saturated heterocycles. The average Bonchev–Trinajstić information content (AvgIpc) is 3.35. The number of ketones is 1. The molecule has 0 atom stereocenters. The molecule has 3 aromatic heterocycles. The van der Waals surface area contributed by atoms with E-state index in [0.717, 1.165) is 46.5 Å². The van der Waals surface area contributed by atoms with Crippen molar-refractivity contribution < 1.29 is 14.0 Å². The van der Waals surface area contributed by atoms with Crippen LogP contribution in [0.15, 0.2) is 59.4 Å². The maximum absolute atomic E-state index is 12.7. The number of allylic oxidation sites excluding steroid dienone is 1. The van der Waals surface area contributed by atoms with Gasteiger partial charge >= 0.3 is 0 Å². The van der Waals surface area contributed by atoms with E-state index >= 15 is 0 Å². The molecular weight excluding hydrogens is 468 g/mol. The van der Waals surface area contributed by atoms with Gasteiger partial charge in [0.1, 0.15) is 17.2 Å². The highest BCUT2D eigenvalue weighted by Crippen LogP contribution is 2.29. The van der Waals surface area contributed by atoms with E-state index in [9.17, 15) is 9.59 Å². The van der Waals surface area contributed by atoms with Crippen molar-refractivity contribution in [2.24, 2.45) is 0 Å². The second kappa shape index (κ2) is 10.7. The molecule has 4 aromatic rings. The molecule has 4 heterocycles. The van der Waals surface area contributed by atoms with Gasteiger partial charge in [0.15, 0.2) is 11.6 Å². The molecule has 1 amide bonds. The number of fused-ring (bicyclic) bond motifs is 1. The number of rotatable bonds is 7. The van der Waals surface area contributed by atoms with E-state index in [4.69, 9.17) is 10.2 Å². The molecule has 37 heavy (non-hydrogen) atoms. The molecule has 1 aliphatic rings. The van der Waals surface area contributed by atoms with Gasteiger partial charge in [0, 0.05) is 68.6 Å². The number of furan rings is 1. The van der Waals surface area contributed by atoms with Gasteiger partial charge < -0.3 is 20.4 Å². The lowest BCUT2D eigenvalue weighted by Gasteiger charge is -2.27. The Morgan fingerprint density at radius 1 is 1.08 bits per heavy atom. The van der Waals surface area contributed by atoms with Crippen molar-refractivity contribution in [1.82, 2.24) is 25.2 Å². The Balaban J connectivity index is 1.26. The summed E-state index contributed by atoms with van der Waals surface area (Å²) in [6.07, 6.45) is 8.90. The average molecular weight is 497 g/mol. The summed E-state index contributed by atoms with van der Waals surface area (Å²) >= 11 is 0. The van der Waals surface area contributed by atoms with Gasteiger partial charge in [-0.25, -0.2) is 15.0 Å². The predicted molar refractivity (Wildman–Crippen MR) is 142 cm³/mol. The van der Waals surface area contributed by atoms with Crippen LogP contribution in [-0.2, 0) is 11.2 Å². The largest absolute Gasteiger partial charge is 0.461 e. The number of benzene rings is 1. The Kier molecular flexibility index (Phi) is 7.04. The lowest BCUT2D eigenvalue weighted by atomic mass is 10.1. The number of carbonyl (C=O) groups is 2. The van der Waals surface area contributed by atoms with Crippen LogP contribution in [0, 0.1) is 6.92 Å². The zero-order valence-corrected chi connectivity index (χ0v) is 20.6. The quantitative estimate of drug-likeness (QED) is 0.373. The Morgan fingerprint density at radius 2 is 1.86 bits per heavy atom. The first-order valence-corrected chi connectivity index (χ1v) is 12.2. The minimum absolute atomic E-state index is 0.00135. The van der Waals surface area contributed by atoms with Gasteiger partial charge in [-0.2, -0.15) is 0 Å². The molecule has 1 aliphatic heterocycles. The van der Waals surface area contributed by atoms with Gasteiger partial charge in [0.25, 0.3) is 5.91 Å². The van der Waals surface area contributed by atoms with E-state index in [1.165, 1.54) is 0 Å². The third-order valence-electron chi connectivity index (χ3n) is 6.30. The summed E-state index contributed by atoms with van der Waals surface area (Å²) in [6, 6.07) is 9.40. The summed E-state index contributed by atoms with van der Waals surface area (Å²) in [5.74, 6) is 1.68. The third-order valence-corrected chi connectivity index (χ3v) is 6.30. The van der Waals surface area contributed by atoms with Gasteiger partial charge in [-0.05, 0) is 60.5 Å². The Morgan fingerprint density at radius 3 is 2.59 bits per heavy atom.